The molecule has 4 heterocycles. The molecule has 224 valence electrons. The number of nitriles is 1. The summed E-state index contributed by atoms with van der Waals surface area (Å²) in [6, 6.07) is 12.0. The predicted molar refractivity (Wildman–Crippen MR) is 166 cm³/mol. The zero-order valence-electron chi connectivity index (χ0n) is 24.9. The lowest BCUT2D eigenvalue weighted by Crippen LogP contribution is -2.44. The van der Waals surface area contributed by atoms with E-state index >= 15 is 0 Å². The second kappa shape index (κ2) is 12.3. The van der Waals surface area contributed by atoms with Crippen molar-refractivity contribution in [3.8, 4) is 6.07 Å². The number of rotatable bonds is 4. The average molecular weight is 610 g/mol. The summed E-state index contributed by atoms with van der Waals surface area (Å²) < 4.78 is 5.50. The van der Waals surface area contributed by atoms with Gasteiger partial charge in [0.1, 0.15) is 11.7 Å². The van der Waals surface area contributed by atoms with Crippen LogP contribution in [0.2, 0.25) is 5.02 Å². The number of hydrogen-bond acceptors (Lipinski definition) is 7. The highest BCUT2D eigenvalue weighted by Gasteiger charge is 2.44. The van der Waals surface area contributed by atoms with E-state index in [1.807, 2.05) is 49.9 Å². The van der Waals surface area contributed by atoms with Gasteiger partial charge < -0.3 is 19.4 Å². The Morgan fingerprint density at radius 3 is 2.40 bits per heavy atom. The van der Waals surface area contributed by atoms with Crippen LogP contribution in [-0.2, 0) is 4.74 Å². The number of nitrogens with zero attached hydrogens (tertiary/aromatic N) is 5. The Balaban J connectivity index is 1.11. The number of thioether (sulfide) groups is 1. The number of carbonyl (C=O) groups is 2. The topological polar surface area (TPSA) is 89.8 Å². The highest BCUT2D eigenvalue weighted by atomic mass is 35.5. The van der Waals surface area contributed by atoms with Gasteiger partial charge in [0.2, 0.25) is 0 Å². The molecule has 5 rings (SSSR count). The Kier molecular flexibility index (Phi) is 8.96. The quantitative estimate of drug-likeness (QED) is 0.385. The van der Waals surface area contributed by atoms with Crippen LogP contribution in [0.15, 0.2) is 41.6 Å². The van der Waals surface area contributed by atoms with Crippen molar-refractivity contribution in [2.75, 3.05) is 37.6 Å². The molecule has 0 radical (unpaired) electrons. The summed E-state index contributed by atoms with van der Waals surface area (Å²) >= 11 is 8.04. The van der Waals surface area contributed by atoms with E-state index in [1.54, 1.807) is 28.9 Å². The van der Waals surface area contributed by atoms with Gasteiger partial charge in [-0.05, 0) is 95.5 Å². The Bertz CT molecular complexity index is 1340. The minimum absolute atomic E-state index is 0.0429. The van der Waals surface area contributed by atoms with E-state index in [2.05, 4.69) is 22.9 Å². The molecule has 3 fully saturated rings. The first kappa shape index (κ1) is 30.5. The van der Waals surface area contributed by atoms with Crippen molar-refractivity contribution < 1.29 is 14.3 Å². The van der Waals surface area contributed by atoms with Crippen molar-refractivity contribution >= 4 is 41.1 Å². The van der Waals surface area contributed by atoms with E-state index in [0.29, 0.717) is 40.5 Å². The Morgan fingerprint density at radius 1 is 1.10 bits per heavy atom. The van der Waals surface area contributed by atoms with Gasteiger partial charge in [0.25, 0.3) is 5.91 Å². The normalized spacial score (nSPS) is 21.0. The first-order chi connectivity index (χ1) is 19.9. The standard InChI is InChI=1S/C32H40ClN5O3S/c1-22-18-32(21-38(22)25-7-5-23(19-34)27(33)17-25)11-15-36(16-12-32)29(39)24-6-8-28(35-20-24)42-26-9-13-37(14-10-26)30(40)41-31(2,3)4/h5-8,17,20,22,26H,9-16,18,21H2,1-4H3/t22-/m0/s1. The van der Waals surface area contributed by atoms with E-state index in [4.69, 9.17) is 16.3 Å². The van der Waals surface area contributed by atoms with Gasteiger partial charge in [-0.3, -0.25) is 4.79 Å². The van der Waals surface area contributed by atoms with E-state index in [-0.39, 0.29) is 17.4 Å². The third-order valence-corrected chi connectivity index (χ3v) is 10.2. The fourth-order valence-electron chi connectivity index (χ4n) is 6.40. The summed E-state index contributed by atoms with van der Waals surface area (Å²) in [4.78, 5) is 36.4. The van der Waals surface area contributed by atoms with Gasteiger partial charge in [0, 0.05) is 55.9 Å². The number of amides is 2. The summed E-state index contributed by atoms with van der Waals surface area (Å²) in [7, 11) is 0. The number of likely N-dealkylation sites (tertiary alicyclic amines) is 2. The predicted octanol–water partition coefficient (Wildman–Crippen LogP) is 6.62. The summed E-state index contributed by atoms with van der Waals surface area (Å²) in [5, 5.41) is 11.0. The highest BCUT2D eigenvalue weighted by molar-refractivity contribution is 7.99. The molecule has 1 spiro atoms. The maximum atomic E-state index is 13.3. The molecule has 0 N–H and O–H groups in total. The molecule has 0 unspecified atom stereocenters. The molecule has 8 nitrogen and oxygen atoms in total. The highest BCUT2D eigenvalue weighted by Crippen LogP contribution is 2.45. The van der Waals surface area contributed by atoms with Crippen LogP contribution in [0, 0.1) is 16.7 Å². The molecule has 1 atom stereocenters. The number of carbonyl (C=O) groups excluding carboxylic acids is 2. The van der Waals surface area contributed by atoms with Gasteiger partial charge in [-0.25, -0.2) is 9.78 Å². The number of ether oxygens (including phenoxy) is 1. The number of piperidine rings is 2. The second-order valence-corrected chi connectivity index (χ2v) is 14.6. The Hall–Kier alpha value is -2.96. The monoisotopic (exact) mass is 609 g/mol. The fourth-order valence-corrected chi connectivity index (χ4v) is 7.66. The molecule has 1 aromatic heterocycles. The maximum absolute atomic E-state index is 13.3. The van der Waals surface area contributed by atoms with Crippen LogP contribution >= 0.6 is 23.4 Å². The van der Waals surface area contributed by atoms with Crippen molar-refractivity contribution in [1.29, 1.82) is 5.26 Å². The van der Waals surface area contributed by atoms with Crippen molar-refractivity contribution in [1.82, 2.24) is 14.8 Å². The van der Waals surface area contributed by atoms with Crippen LogP contribution in [-0.4, -0.2) is 76.4 Å². The number of aromatic nitrogens is 1. The number of benzene rings is 1. The molecular formula is C32H40ClN5O3S. The van der Waals surface area contributed by atoms with Crippen LogP contribution < -0.4 is 4.90 Å². The van der Waals surface area contributed by atoms with Crippen molar-refractivity contribution in [3.05, 3.63) is 52.7 Å². The first-order valence-corrected chi connectivity index (χ1v) is 16.1. The summed E-state index contributed by atoms with van der Waals surface area (Å²) in [6.07, 6.45) is 6.24. The van der Waals surface area contributed by atoms with Gasteiger partial charge in [-0.15, -0.1) is 11.8 Å². The van der Waals surface area contributed by atoms with Crippen LogP contribution in [0.25, 0.3) is 0 Å². The molecule has 3 saturated heterocycles. The summed E-state index contributed by atoms with van der Waals surface area (Å²) in [5.74, 6) is 0.0429. The van der Waals surface area contributed by atoms with Gasteiger partial charge in [0.05, 0.1) is 21.2 Å². The second-order valence-electron chi connectivity index (χ2n) is 12.9. The van der Waals surface area contributed by atoms with E-state index in [1.165, 1.54) is 0 Å². The van der Waals surface area contributed by atoms with Gasteiger partial charge in [-0.2, -0.15) is 5.26 Å². The van der Waals surface area contributed by atoms with Crippen LogP contribution in [0.3, 0.4) is 0 Å². The van der Waals surface area contributed by atoms with Crippen LogP contribution in [0.4, 0.5) is 10.5 Å². The number of hydrogen-bond donors (Lipinski definition) is 0. The molecule has 0 saturated carbocycles. The molecule has 3 aliphatic rings. The number of halogens is 1. The van der Waals surface area contributed by atoms with Gasteiger partial charge in [-0.1, -0.05) is 11.6 Å². The van der Waals surface area contributed by atoms with Crippen LogP contribution in [0.1, 0.15) is 75.7 Å². The fraction of sp³-hybridized carbons (Fsp3) is 0.562. The smallest absolute Gasteiger partial charge is 0.410 e. The molecule has 2 aromatic rings. The minimum atomic E-state index is -0.486. The lowest BCUT2D eigenvalue weighted by Gasteiger charge is -2.39. The van der Waals surface area contributed by atoms with Crippen LogP contribution in [0.5, 0.6) is 0 Å². The Labute approximate surface area is 258 Å². The van der Waals surface area contributed by atoms with E-state index < -0.39 is 5.60 Å². The number of anilines is 1. The molecule has 10 heteroatoms. The molecular weight excluding hydrogens is 570 g/mol. The van der Waals surface area contributed by atoms with Crippen molar-refractivity contribution in [2.24, 2.45) is 5.41 Å². The summed E-state index contributed by atoms with van der Waals surface area (Å²) in [5.41, 5.74) is 1.87. The molecule has 42 heavy (non-hydrogen) atoms. The SMILES string of the molecule is C[C@H]1CC2(CCN(C(=O)c3ccc(SC4CCN(C(=O)OC(C)(C)C)CC4)nc3)CC2)CN1c1ccc(C#N)c(Cl)c1. The minimum Gasteiger partial charge on any atom is -0.444 e. The van der Waals surface area contributed by atoms with E-state index in [9.17, 15) is 14.9 Å². The molecule has 1 aromatic carbocycles. The largest absolute Gasteiger partial charge is 0.444 e. The third-order valence-electron chi connectivity index (χ3n) is 8.65. The molecule has 2 amide bonds. The zero-order valence-corrected chi connectivity index (χ0v) is 26.5. The van der Waals surface area contributed by atoms with Crippen molar-refractivity contribution in [3.63, 3.8) is 0 Å². The summed E-state index contributed by atoms with van der Waals surface area (Å²) in [6.45, 7) is 11.7. The zero-order chi connectivity index (χ0) is 30.1. The Morgan fingerprint density at radius 2 is 1.81 bits per heavy atom. The molecule has 0 aliphatic carbocycles. The third kappa shape index (κ3) is 6.98. The first-order valence-electron chi connectivity index (χ1n) is 14.8. The van der Waals surface area contributed by atoms with Crippen molar-refractivity contribution in [2.45, 2.75) is 81.7 Å². The number of pyridine rings is 1. The maximum Gasteiger partial charge on any atom is 0.410 e. The van der Waals surface area contributed by atoms with Gasteiger partial charge >= 0.3 is 6.09 Å². The van der Waals surface area contributed by atoms with E-state index in [0.717, 1.165) is 62.5 Å². The molecule has 0 bridgehead atoms. The lowest BCUT2D eigenvalue weighted by molar-refractivity contribution is 0.0219. The lowest BCUT2D eigenvalue weighted by atomic mass is 9.76. The average Bonchev–Trinajstić information content (AvgIpc) is 3.28. The van der Waals surface area contributed by atoms with Gasteiger partial charge in [0.15, 0.2) is 0 Å². The molecule has 3 aliphatic heterocycles.